The van der Waals surface area contributed by atoms with Gasteiger partial charge in [-0.05, 0) is 48.2 Å². The fraction of sp³-hybridized carbons (Fsp3) is 0.318. The van der Waals surface area contributed by atoms with Crippen LogP contribution < -0.4 is 5.32 Å². The summed E-state index contributed by atoms with van der Waals surface area (Å²) in [6, 6.07) is 11.2. The quantitative estimate of drug-likeness (QED) is 0.528. The van der Waals surface area contributed by atoms with Crippen LogP contribution in [0.5, 0.6) is 0 Å². The molecule has 6 nitrogen and oxygen atoms in total. The van der Waals surface area contributed by atoms with Crippen molar-refractivity contribution >= 4 is 23.5 Å². The van der Waals surface area contributed by atoms with Crippen molar-refractivity contribution in [1.29, 1.82) is 0 Å². The van der Waals surface area contributed by atoms with Crippen LogP contribution in [0, 0.1) is 0 Å². The molecule has 0 saturated carbocycles. The van der Waals surface area contributed by atoms with E-state index in [9.17, 15) is 24.6 Å². The van der Waals surface area contributed by atoms with Gasteiger partial charge < -0.3 is 15.5 Å². The van der Waals surface area contributed by atoms with Gasteiger partial charge in [0, 0.05) is 5.69 Å². The fourth-order valence-corrected chi connectivity index (χ4v) is 3.08. The van der Waals surface area contributed by atoms with Gasteiger partial charge in [0.15, 0.2) is 0 Å². The second-order valence-electron chi connectivity index (χ2n) is 6.67. The predicted molar refractivity (Wildman–Crippen MR) is 107 cm³/mol. The lowest BCUT2D eigenvalue weighted by Crippen LogP contribution is -2.16. The summed E-state index contributed by atoms with van der Waals surface area (Å²) in [5.41, 5.74) is 2.03. The lowest BCUT2D eigenvalue weighted by Gasteiger charge is -2.12. The maximum absolute atomic E-state index is 12.5. The number of aliphatic carboxylic acids is 1. The van der Waals surface area contributed by atoms with Crippen LogP contribution >= 0.6 is 0 Å². The van der Waals surface area contributed by atoms with E-state index in [1.807, 2.05) is 6.07 Å². The molecular formula is C22H25NO5. The molecule has 2 aromatic rings. The van der Waals surface area contributed by atoms with Gasteiger partial charge in [-0.2, -0.15) is 0 Å². The molecule has 0 saturated heterocycles. The molecule has 0 aliphatic rings. The minimum atomic E-state index is -1.18. The largest absolute Gasteiger partial charge is 0.481 e. The number of hydrogen-bond acceptors (Lipinski definition) is 3. The molecule has 3 N–H and O–H groups in total. The van der Waals surface area contributed by atoms with E-state index in [2.05, 4.69) is 12.2 Å². The van der Waals surface area contributed by atoms with Gasteiger partial charge in [-0.15, -0.1) is 0 Å². The number of aryl methyl sites for hydroxylation is 1. The van der Waals surface area contributed by atoms with Crippen molar-refractivity contribution in [2.75, 3.05) is 5.32 Å². The number of carbonyl (C=O) groups excluding carboxylic acids is 1. The lowest BCUT2D eigenvalue weighted by atomic mass is 9.98. The van der Waals surface area contributed by atoms with Crippen molar-refractivity contribution in [3.63, 3.8) is 0 Å². The van der Waals surface area contributed by atoms with Gasteiger partial charge in [0.1, 0.15) is 0 Å². The number of benzene rings is 2. The summed E-state index contributed by atoms with van der Waals surface area (Å²) in [6.45, 7) is 2.13. The van der Waals surface area contributed by atoms with Crippen LogP contribution in [0.25, 0.3) is 0 Å². The van der Waals surface area contributed by atoms with Gasteiger partial charge >= 0.3 is 11.9 Å². The standard InChI is InChI=1S/C22H25NO5/c1-2-3-4-5-8-15-11-12-17(13-16(15)14-20(24)25)23-21(26)18-9-6-7-10-19(18)22(27)28/h6-7,9-13H,2-5,8,14H2,1H3,(H,23,26)(H,24,25)(H,27,28). The summed E-state index contributed by atoms with van der Waals surface area (Å²) in [6.07, 6.45) is 5.01. The summed E-state index contributed by atoms with van der Waals surface area (Å²) in [7, 11) is 0. The summed E-state index contributed by atoms with van der Waals surface area (Å²) in [5.74, 6) is -2.66. The van der Waals surface area contributed by atoms with Crippen LogP contribution in [0.3, 0.4) is 0 Å². The molecule has 0 bridgehead atoms. The number of hydrogen-bond donors (Lipinski definition) is 3. The van der Waals surface area contributed by atoms with Gasteiger partial charge in [0.2, 0.25) is 0 Å². The Morgan fingerprint density at radius 2 is 1.61 bits per heavy atom. The van der Waals surface area contributed by atoms with Crippen molar-refractivity contribution in [3.05, 3.63) is 64.7 Å². The number of rotatable bonds is 10. The van der Waals surface area contributed by atoms with E-state index in [-0.39, 0.29) is 17.5 Å². The summed E-state index contributed by atoms with van der Waals surface area (Å²) in [5, 5.41) is 21.1. The molecule has 6 heteroatoms. The first-order chi connectivity index (χ1) is 13.4. The molecule has 0 atom stereocenters. The first-order valence-electron chi connectivity index (χ1n) is 9.39. The van der Waals surface area contributed by atoms with E-state index in [4.69, 9.17) is 0 Å². The zero-order valence-corrected chi connectivity index (χ0v) is 15.9. The normalized spacial score (nSPS) is 10.5. The highest BCUT2D eigenvalue weighted by Crippen LogP contribution is 2.21. The highest BCUT2D eigenvalue weighted by Gasteiger charge is 2.16. The highest BCUT2D eigenvalue weighted by molar-refractivity contribution is 6.10. The molecule has 0 spiro atoms. The average molecular weight is 383 g/mol. The molecule has 0 heterocycles. The topological polar surface area (TPSA) is 104 Å². The van der Waals surface area contributed by atoms with Crippen molar-refractivity contribution in [3.8, 4) is 0 Å². The monoisotopic (exact) mass is 383 g/mol. The predicted octanol–water partition coefficient (Wildman–Crippen LogP) is 4.39. The molecule has 2 aromatic carbocycles. The average Bonchev–Trinajstić information content (AvgIpc) is 2.66. The lowest BCUT2D eigenvalue weighted by molar-refractivity contribution is -0.136. The molecule has 28 heavy (non-hydrogen) atoms. The van der Waals surface area contributed by atoms with Crippen LogP contribution in [0.15, 0.2) is 42.5 Å². The zero-order valence-electron chi connectivity index (χ0n) is 15.9. The number of nitrogens with one attached hydrogen (secondary N) is 1. The van der Waals surface area contributed by atoms with Crippen LogP contribution in [-0.4, -0.2) is 28.1 Å². The third kappa shape index (κ3) is 5.94. The summed E-state index contributed by atoms with van der Waals surface area (Å²) < 4.78 is 0. The van der Waals surface area contributed by atoms with Crippen LogP contribution in [-0.2, 0) is 17.6 Å². The van der Waals surface area contributed by atoms with Gasteiger partial charge in [-0.25, -0.2) is 4.79 Å². The summed E-state index contributed by atoms with van der Waals surface area (Å²) >= 11 is 0. The van der Waals surface area contributed by atoms with E-state index in [0.29, 0.717) is 11.3 Å². The third-order valence-electron chi connectivity index (χ3n) is 4.51. The maximum Gasteiger partial charge on any atom is 0.336 e. The maximum atomic E-state index is 12.5. The Balaban J connectivity index is 2.20. The molecule has 2 rings (SSSR count). The van der Waals surface area contributed by atoms with Crippen LogP contribution in [0.4, 0.5) is 5.69 Å². The Labute approximate surface area is 164 Å². The third-order valence-corrected chi connectivity index (χ3v) is 4.51. The van der Waals surface area contributed by atoms with Crippen molar-refractivity contribution in [2.24, 2.45) is 0 Å². The summed E-state index contributed by atoms with van der Waals surface area (Å²) in [4.78, 5) is 35.0. The van der Waals surface area contributed by atoms with Gasteiger partial charge in [0.05, 0.1) is 17.5 Å². The minimum absolute atomic E-state index is 0.0541. The molecule has 0 aliphatic carbocycles. The molecule has 0 aliphatic heterocycles. The Bertz CT molecular complexity index is 860. The Morgan fingerprint density at radius 1 is 0.893 bits per heavy atom. The Kier molecular flexibility index (Phi) is 7.75. The fourth-order valence-electron chi connectivity index (χ4n) is 3.08. The number of anilines is 1. The van der Waals surface area contributed by atoms with E-state index >= 15 is 0 Å². The molecule has 148 valence electrons. The molecule has 0 aromatic heterocycles. The SMILES string of the molecule is CCCCCCc1ccc(NC(=O)c2ccccc2C(=O)O)cc1CC(=O)O. The Morgan fingerprint density at radius 3 is 2.25 bits per heavy atom. The number of carboxylic acid groups (broad SMARTS) is 2. The molecule has 0 radical (unpaired) electrons. The number of aromatic carboxylic acids is 1. The molecule has 1 amide bonds. The van der Waals surface area contributed by atoms with E-state index in [0.717, 1.165) is 37.7 Å². The van der Waals surface area contributed by atoms with Crippen molar-refractivity contribution < 1.29 is 24.6 Å². The first kappa shape index (κ1) is 21.2. The number of unbranched alkanes of at least 4 members (excludes halogenated alkanes) is 3. The van der Waals surface area contributed by atoms with Crippen molar-refractivity contribution in [2.45, 2.75) is 45.4 Å². The van der Waals surface area contributed by atoms with Gasteiger partial charge in [-0.1, -0.05) is 44.4 Å². The molecule has 0 fully saturated rings. The first-order valence-corrected chi connectivity index (χ1v) is 9.39. The molecular weight excluding hydrogens is 358 g/mol. The van der Waals surface area contributed by atoms with Crippen molar-refractivity contribution in [1.82, 2.24) is 0 Å². The van der Waals surface area contributed by atoms with Gasteiger partial charge in [-0.3, -0.25) is 9.59 Å². The smallest absolute Gasteiger partial charge is 0.336 e. The number of carbonyl (C=O) groups is 3. The van der Waals surface area contributed by atoms with Crippen LogP contribution in [0.1, 0.15) is 64.4 Å². The number of carboxylic acids is 2. The van der Waals surface area contributed by atoms with Gasteiger partial charge in [0.25, 0.3) is 5.91 Å². The van der Waals surface area contributed by atoms with E-state index in [1.165, 1.54) is 12.1 Å². The highest BCUT2D eigenvalue weighted by atomic mass is 16.4. The van der Waals surface area contributed by atoms with Crippen LogP contribution in [0.2, 0.25) is 0 Å². The van der Waals surface area contributed by atoms with E-state index in [1.54, 1.807) is 24.3 Å². The second kappa shape index (κ2) is 10.3. The zero-order chi connectivity index (χ0) is 20.5. The minimum Gasteiger partial charge on any atom is -0.481 e. The van der Waals surface area contributed by atoms with E-state index < -0.39 is 17.8 Å². The molecule has 0 unspecified atom stereocenters. The second-order valence-corrected chi connectivity index (χ2v) is 6.67. The Hall–Kier alpha value is -3.15. The number of amides is 1.